The molecule has 0 aromatic heterocycles. The van der Waals surface area contributed by atoms with E-state index in [2.05, 4.69) is 22.9 Å². The van der Waals surface area contributed by atoms with Crippen LogP contribution in [0, 0.1) is 0 Å². The first-order valence-corrected chi connectivity index (χ1v) is 7.10. The second-order valence-corrected chi connectivity index (χ2v) is 5.11. The number of benzene rings is 1. The lowest BCUT2D eigenvalue weighted by atomic mass is 10.00. The molecule has 1 heterocycles. The molecule has 2 unspecified atom stereocenters. The normalized spacial score (nSPS) is 22.1. The smallest absolute Gasteiger partial charge is 0.239 e. The van der Waals surface area contributed by atoms with Gasteiger partial charge in [-0.05, 0) is 38.4 Å². The van der Waals surface area contributed by atoms with E-state index in [0.717, 1.165) is 30.8 Å². The molecular weight excluding hydrogens is 254 g/mol. The summed E-state index contributed by atoms with van der Waals surface area (Å²) in [5, 5.41) is 9.56. The Bertz CT molecular complexity index is 450. The Morgan fingerprint density at radius 1 is 1.45 bits per heavy atom. The lowest BCUT2D eigenvalue weighted by Crippen LogP contribution is -2.52. The van der Waals surface area contributed by atoms with Gasteiger partial charge in [-0.2, -0.15) is 0 Å². The topological polar surface area (TPSA) is 62.4 Å². The summed E-state index contributed by atoms with van der Waals surface area (Å²) in [6.45, 7) is 3.40. The van der Waals surface area contributed by atoms with Gasteiger partial charge < -0.3 is 20.7 Å². The molecule has 1 saturated heterocycles. The van der Waals surface area contributed by atoms with E-state index in [4.69, 9.17) is 4.74 Å². The minimum atomic E-state index is 0.0106. The molecule has 110 valence electrons. The number of hydrogen-bond donors (Lipinski definition) is 3. The van der Waals surface area contributed by atoms with Crippen molar-refractivity contribution >= 4 is 11.6 Å². The van der Waals surface area contributed by atoms with E-state index < -0.39 is 0 Å². The van der Waals surface area contributed by atoms with Gasteiger partial charge in [0.05, 0.1) is 19.3 Å². The van der Waals surface area contributed by atoms with Gasteiger partial charge >= 0.3 is 0 Å². The van der Waals surface area contributed by atoms with Crippen LogP contribution in [-0.2, 0) is 4.79 Å². The number of anilines is 1. The van der Waals surface area contributed by atoms with Crippen LogP contribution >= 0.6 is 0 Å². The highest BCUT2D eigenvalue weighted by Crippen LogP contribution is 2.22. The van der Waals surface area contributed by atoms with Crippen molar-refractivity contribution in [2.45, 2.75) is 31.8 Å². The molecule has 5 nitrogen and oxygen atoms in total. The SMILES string of the molecule is COc1ccccc1NCC(=O)NC1CCCNC1C. The quantitative estimate of drug-likeness (QED) is 0.760. The van der Waals surface area contributed by atoms with Gasteiger partial charge in [0.15, 0.2) is 0 Å². The number of methoxy groups -OCH3 is 1. The molecular formula is C15H23N3O2. The molecule has 1 amide bonds. The van der Waals surface area contributed by atoms with Gasteiger partial charge in [0, 0.05) is 12.1 Å². The van der Waals surface area contributed by atoms with Crippen LogP contribution in [0.5, 0.6) is 5.75 Å². The summed E-state index contributed by atoms with van der Waals surface area (Å²) >= 11 is 0. The Hall–Kier alpha value is -1.75. The second-order valence-electron chi connectivity index (χ2n) is 5.11. The highest BCUT2D eigenvalue weighted by molar-refractivity contribution is 5.81. The van der Waals surface area contributed by atoms with E-state index in [1.165, 1.54) is 0 Å². The Kier molecular flexibility index (Phi) is 5.24. The third-order valence-corrected chi connectivity index (χ3v) is 3.65. The number of ether oxygens (including phenoxy) is 1. The number of rotatable bonds is 5. The Balaban J connectivity index is 1.82. The monoisotopic (exact) mass is 277 g/mol. The van der Waals surface area contributed by atoms with Gasteiger partial charge in [0.25, 0.3) is 0 Å². The van der Waals surface area contributed by atoms with E-state index >= 15 is 0 Å². The lowest BCUT2D eigenvalue weighted by Gasteiger charge is -2.30. The summed E-state index contributed by atoms with van der Waals surface area (Å²) in [4.78, 5) is 12.0. The molecule has 20 heavy (non-hydrogen) atoms. The molecule has 0 aliphatic carbocycles. The largest absolute Gasteiger partial charge is 0.495 e. The third kappa shape index (κ3) is 3.87. The van der Waals surface area contributed by atoms with Crippen LogP contribution in [0.25, 0.3) is 0 Å². The maximum absolute atomic E-state index is 12.0. The number of hydrogen-bond acceptors (Lipinski definition) is 4. The molecule has 2 atom stereocenters. The second kappa shape index (κ2) is 7.14. The summed E-state index contributed by atoms with van der Waals surface area (Å²) in [5.41, 5.74) is 0.833. The molecule has 1 aromatic rings. The average molecular weight is 277 g/mol. The Morgan fingerprint density at radius 3 is 3.00 bits per heavy atom. The van der Waals surface area contributed by atoms with Gasteiger partial charge in [-0.25, -0.2) is 0 Å². The van der Waals surface area contributed by atoms with E-state index in [9.17, 15) is 4.79 Å². The van der Waals surface area contributed by atoms with Crippen molar-refractivity contribution in [3.63, 3.8) is 0 Å². The first-order valence-electron chi connectivity index (χ1n) is 7.10. The van der Waals surface area contributed by atoms with Crippen LogP contribution in [0.1, 0.15) is 19.8 Å². The highest BCUT2D eigenvalue weighted by atomic mass is 16.5. The average Bonchev–Trinajstić information content (AvgIpc) is 2.48. The van der Waals surface area contributed by atoms with Gasteiger partial charge in [-0.15, -0.1) is 0 Å². The van der Waals surface area contributed by atoms with E-state index in [0.29, 0.717) is 6.04 Å². The fraction of sp³-hybridized carbons (Fsp3) is 0.533. The van der Waals surface area contributed by atoms with Gasteiger partial charge in [0.2, 0.25) is 5.91 Å². The van der Waals surface area contributed by atoms with Crippen LogP contribution in [0.3, 0.4) is 0 Å². The number of amides is 1. The number of nitrogens with one attached hydrogen (secondary N) is 3. The summed E-state index contributed by atoms with van der Waals surface area (Å²) in [7, 11) is 1.62. The molecule has 1 fully saturated rings. The van der Waals surface area contributed by atoms with Crippen molar-refractivity contribution in [3.8, 4) is 5.75 Å². The predicted molar refractivity (Wildman–Crippen MR) is 80.1 cm³/mol. The lowest BCUT2D eigenvalue weighted by molar-refractivity contribution is -0.120. The van der Waals surface area contributed by atoms with Gasteiger partial charge in [0.1, 0.15) is 5.75 Å². The third-order valence-electron chi connectivity index (χ3n) is 3.65. The van der Waals surface area contributed by atoms with Gasteiger partial charge in [-0.3, -0.25) is 4.79 Å². The first-order chi connectivity index (χ1) is 9.70. The van der Waals surface area contributed by atoms with Crippen LogP contribution in [0.15, 0.2) is 24.3 Å². The fourth-order valence-electron chi connectivity index (χ4n) is 2.47. The standard InChI is InChI=1S/C15H23N3O2/c1-11-12(7-5-9-16-11)18-15(19)10-17-13-6-3-4-8-14(13)20-2/h3-4,6,8,11-12,16-17H,5,7,9-10H2,1-2H3,(H,18,19). The van der Waals surface area contributed by atoms with Crippen molar-refractivity contribution in [1.29, 1.82) is 0 Å². The van der Waals surface area contributed by atoms with Crippen molar-refractivity contribution in [3.05, 3.63) is 24.3 Å². The van der Waals surface area contributed by atoms with E-state index in [1.807, 2.05) is 24.3 Å². The van der Waals surface area contributed by atoms with Crippen LogP contribution in [0.4, 0.5) is 5.69 Å². The van der Waals surface area contributed by atoms with E-state index in [-0.39, 0.29) is 18.5 Å². The van der Waals surface area contributed by atoms with Crippen LogP contribution in [-0.4, -0.2) is 38.2 Å². The first kappa shape index (κ1) is 14.7. The molecule has 1 aliphatic rings. The summed E-state index contributed by atoms with van der Waals surface area (Å²) in [5.74, 6) is 0.754. The minimum absolute atomic E-state index is 0.0106. The molecule has 3 N–H and O–H groups in total. The van der Waals surface area contributed by atoms with E-state index in [1.54, 1.807) is 7.11 Å². The highest BCUT2D eigenvalue weighted by Gasteiger charge is 2.22. The molecule has 1 aliphatic heterocycles. The molecule has 0 spiro atoms. The van der Waals surface area contributed by atoms with Crippen molar-refractivity contribution in [2.75, 3.05) is 25.5 Å². The zero-order chi connectivity index (χ0) is 14.4. The zero-order valence-corrected chi connectivity index (χ0v) is 12.1. The summed E-state index contributed by atoms with van der Waals surface area (Å²) < 4.78 is 5.24. The molecule has 0 radical (unpaired) electrons. The zero-order valence-electron chi connectivity index (χ0n) is 12.1. The van der Waals surface area contributed by atoms with Crippen LogP contribution < -0.4 is 20.7 Å². The number of carbonyl (C=O) groups excluding carboxylic acids is 1. The molecule has 0 bridgehead atoms. The number of piperidine rings is 1. The molecule has 2 rings (SSSR count). The predicted octanol–water partition coefficient (Wildman–Crippen LogP) is 1.36. The van der Waals surface area contributed by atoms with Crippen molar-refractivity contribution < 1.29 is 9.53 Å². The van der Waals surface area contributed by atoms with Gasteiger partial charge in [-0.1, -0.05) is 12.1 Å². The number of para-hydroxylation sites is 2. The molecule has 0 saturated carbocycles. The maximum atomic E-state index is 12.0. The molecule has 5 heteroatoms. The maximum Gasteiger partial charge on any atom is 0.239 e. The Morgan fingerprint density at radius 2 is 2.25 bits per heavy atom. The van der Waals surface area contributed by atoms with Crippen molar-refractivity contribution in [1.82, 2.24) is 10.6 Å². The fourth-order valence-corrected chi connectivity index (χ4v) is 2.47. The van der Waals surface area contributed by atoms with Crippen LogP contribution in [0.2, 0.25) is 0 Å². The minimum Gasteiger partial charge on any atom is -0.495 e. The summed E-state index contributed by atoms with van der Waals surface area (Å²) in [6, 6.07) is 8.13. The summed E-state index contributed by atoms with van der Waals surface area (Å²) in [6.07, 6.45) is 2.14. The Labute approximate surface area is 120 Å². The number of carbonyl (C=O) groups is 1. The molecule has 1 aromatic carbocycles. The van der Waals surface area contributed by atoms with Crippen molar-refractivity contribution in [2.24, 2.45) is 0 Å².